The van der Waals surface area contributed by atoms with Crippen molar-refractivity contribution in [1.29, 1.82) is 0 Å². The summed E-state index contributed by atoms with van der Waals surface area (Å²) < 4.78 is 48.1. The summed E-state index contributed by atoms with van der Waals surface area (Å²) in [7, 11) is -2.78. The monoisotopic (exact) mass is 459 g/mol. The van der Waals surface area contributed by atoms with Gasteiger partial charge in [0.05, 0.1) is 17.7 Å². The summed E-state index contributed by atoms with van der Waals surface area (Å²) in [5.41, 5.74) is -0.219. The third kappa shape index (κ3) is 6.58. The van der Waals surface area contributed by atoms with Crippen molar-refractivity contribution < 1.29 is 31.6 Å². The lowest BCUT2D eigenvalue weighted by Gasteiger charge is -2.26. The number of rotatable bonds is 6. The average molecular weight is 460 g/mol. The normalized spacial score (nSPS) is 12.9. The number of aliphatic hydroxyl groups is 1. The minimum Gasteiger partial charge on any atom is -0.444 e. The summed E-state index contributed by atoms with van der Waals surface area (Å²) in [6, 6.07) is 8.47. The molecule has 0 bridgehead atoms. The average Bonchev–Trinajstić information content (AvgIpc) is 2.60. The molecule has 0 fully saturated rings. The fraction of sp³-hybridized carbons (Fsp3) is 0.350. The molecule has 0 spiro atoms. The molecule has 0 heterocycles. The van der Waals surface area contributed by atoms with Crippen LogP contribution in [0.3, 0.4) is 0 Å². The Labute approximate surface area is 180 Å². The van der Waals surface area contributed by atoms with Crippen molar-refractivity contribution in [2.45, 2.75) is 37.4 Å². The van der Waals surface area contributed by atoms with Crippen molar-refractivity contribution in [3.05, 3.63) is 58.9 Å². The topological polar surface area (TPSA) is 93.1 Å². The standard InChI is InChI=1S/C20H23ClFNO6S/c1-20(2,3)28-19(25)23(4)12-17(24)13-5-8-15(9-6-13)29-30(26,27)18-10-7-14(22)11-16(18)21/h5-11,17,24H,12H2,1-4H3. The van der Waals surface area contributed by atoms with E-state index in [1.165, 1.54) is 36.2 Å². The van der Waals surface area contributed by atoms with Gasteiger partial charge in [-0.1, -0.05) is 23.7 Å². The van der Waals surface area contributed by atoms with E-state index in [1.54, 1.807) is 20.8 Å². The first kappa shape index (κ1) is 23.9. The Kier molecular flexibility index (Phi) is 7.33. The van der Waals surface area contributed by atoms with Crippen LogP contribution in [-0.4, -0.2) is 43.7 Å². The van der Waals surface area contributed by atoms with Crippen molar-refractivity contribution in [1.82, 2.24) is 4.90 Å². The van der Waals surface area contributed by atoms with Gasteiger partial charge in [0.2, 0.25) is 0 Å². The second kappa shape index (κ2) is 9.20. The van der Waals surface area contributed by atoms with E-state index >= 15 is 0 Å². The first-order valence-corrected chi connectivity index (χ1v) is 10.7. The largest absolute Gasteiger partial charge is 0.444 e. The molecule has 7 nitrogen and oxygen atoms in total. The number of carbonyl (C=O) groups excluding carboxylic acids is 1. The molecule has 0 aliphatic rings. The molecule has 0 saturated heterocycles. The first-order chi connectivity index (χ1) is 13.8. The molecule has 2 aromatic rings. The molecule has 0 aromatic heterocycles. The minimum atomic E-state index is -4.27. The maximum Gasteiger partial charge on any atom is 0.410 e. The molecule has 10 heteroatoms. The van der Waals surface area contributed by atoms with Crippen molar-refractivity contribution in [3.8, 4) is 5.75 Å². The Bertz CT molecular complexity index is 1000. The van der Waals surface area contributed by atoms with E-state index in [4.69, 9.17) is 20.5 Å². The number of amides is 1. The van der Waals surface area contributed by atoms with E-state index in [2.05, 4.69) is 0 Å². The number of aliphatic hydroxyl groups excluding tert-OH is 1. The van der Waals surface area contributed by atoms with Crippen LogP contribution >= 0.6 is 11.6 Å². The zero-order chi connectivity index (χ0) is 22.7. The molecule has 1 N–H and O–H groups in total. The first-order valence-electron chi connectivity index (χ1n) is 8.90. The summed E-state index contributed by atoms with van der Waals surface area (Å²) in [6.07, 6.45) is -1.61. The summed E-state index contributed by atoms with van der Waals surface area (Å²) in [5, 5.41) is 10.0. The summed E-state index contributed by atoms with van der Waals surface area (Å²) >= 11 is 5.79. The zero-order valence-electron chi connectivity index (χ0n) is 16.9. The highest BCUT2D eigenvalue weighted by atomic mass is 35.5. The number of ether oxygens (including phenoxy) is 1. The van der Waals surface area contributed by atoms with Gasteiger partial charge >= 0.3 is 16.2 Å². The van der Waals surface area contributed by atoms with Gasteiger partial charge in [-0.3, -0.25) is 0 Å². The van der Waals surface area contributed by atoms with Crippen LogP contribution in [0.4, 0.5) is 9.18 Å². The van der Waals surface area contributed by atoms with Gasteiger partial charge in [0.15, 0.2) is 0 Å². The molecule has 164 valence electrons. The zero-order valence-corrected chi connectivity index (χ0v) is 18.5. The van der Waals surface area contributed by atoms with Gasteiger partial charge < -0.3 is 18.9 Å². The van der Waals surface area contributed by atoms with E-state index < -0.39 is 33.7 Å². The van der Waals surface area contributed by atoms with Crippen LogP contribution in [0.15, 0.2) is 47.4 Å². The van der Waals surface area contributed by atoms with Gasteiger partial charge in [0.1, 0.15) is 22.1 Å². The SMILES string of the molecule is CN(CC(O)c1ccc(OS(=O)(=O)c2ccc(F)cc2Cl)cc1)C(=O)OC(C)(C)C. The molecule has 0 aliphatic heterocycles. The van der Waals surface area contributed by atoms with Crippen molar-refractivity contribution in [2.75, 3.05) is 13.6 Å². The summed E-state index contributed by atoms with van der Waals surface area (Å²) in [6.45, 7) is 5.18. The Morgan fingerprint density at radius 1 is 1.20 bits per heavy atom. The predicted octanol–water partition coefficient (Wildman–Crippen LogP) is 4.15. The van der Waals surface area contributed by atoms with E-state index in [0.717, 1.165) is 18.2 Å². The lowest BCUT2D eigenvalue weighted by molar-refractivity contribution is 0.0205. The fourth-order valence-corrected chi connectivity index (χ4v) is 3.81. The van der Waals surface area contributed by atoms with Crippen molar-refractivity contribution in [3.63, 3.8) is 0 Å². The molecule has 1 atom stereocenters. The highest BCUT2D eigenvalue weighted by Crippen LogP contribution is 2.27. The predicted molar refractivity (Wildman–Crippen MR) is 109 cm³/mol. The van der Waals surface area contributed by atoms with Gasteiger partial charge in [0.25, 0.3) is 0 Å². The molecule has 2 rings (SSSR count). The van der Waals surface area contributed by atoms with Crippen LogP contribution in [0, 0.1) is 5.82 Å². The van der Waals surface area contributed by atoms with Gasteiger partial charge in [-0.2, -0.15) is 8.42 Å². The van der Waals surface area contributed by atoms with Gasteiger partial charge in [-0.15, -0.1) is 0 Å². The highest BCUT2D eigenvalue weighted by Gasteiger charge is 2.23. The highest BCUT2D eigenvalue weighted by molar-refractivity contribution is 7.87. The molecule has 2 aromatic carbocycles. The minimum absolute atomic E-state index is 0.0214. The van der Waals surface area contributed by atoms with Crippen LogP contribution in [0.5, 0.6) is 5.75 Å². The summed E-state index contributed by atoms with van der Waals surface area (Å²) in [5.74, 6) is -0.694. The second-order valence-electron chi connectivity index (χ2n) is 7.56. The number of likely N-dealkylation sites (N-methyl/N-ethyl adjacent to an activating group) is 1. The Morgan fingerprint density at radius 2 is 1.80 bits per heavy atom. The number of halogens is 2. The number of nitrogens with zero attached hydrogens (tertiary/aromatic N) is 1. The van der Waals surface area contributed by atoms with Crippen molar-refractivity contribution in [2.24, 2.45) is 0 Å². The molecule has 0 radical (unpaired) electrons. The van der Waals surface area contributed by atoms with E-state index in [-0.39, 0.29) is 22.2 Å². The number of hydrogen-bond acceptors (Lipinski definition) is 6. The van der Waals surface area contributed by atoms with Crippen LogP contribution in [0.25, 0.3) is 0 Å². The molecule has 1 unspecified atom stereocenters. The van der Waals surface area contributed by atoms with Crippen LogP contribution in [0.2, 0.25) is 5.02 Å². The van der Waals surface area contributed by atoms with Crippen LogP contribution in [0.1, 0.15) is 32.4 Å². The van der Waals surface area contributed by atoms with Crippen LogP contribution in [-0.2, 0) is 14.9 Å². The molecule has 0 aliphatic carbocycles. The van der Waals surface area contributed by atoms with Crippen LogP contribution < -0.4 is 4.18 Å². The number of carbonyl (C=O) groups is 1. The van der Waals surface area contributed by atoms with Gasteiger partial charge in [0, 0.05) is 7.05 Å². The van der Waals surface area contributed by atoms with E-state index in [1.807, 2.05) is 0 Å². The summed E-state index contributed by atoms with van der Waals surface area (Å²) in [4.78, 5) is 12.9. The Balaban J connectivity index is 2.06. The quantitative estimate of drug-likeness (QED) is 0.652. The van der Waals surface area contributed by atoms with Gasteiger partial charge in [-0.25, -0.2) is 9.18 Å². The maximum atomic E-state index is 13.1. The smallest absolute Gasteiger partial charge is 0.410 e. The molecular formula is C20H23ClFNO6S. The number of benzene rings is 2. The molecule has 30 heavy (non-hydrogen) atoms. The number of hydrogen-bond donors (Lipinski definition) is 1. The molecular weight excluding hydrogens is 437 g/mol. The third-order valence-electron chi connectivity index (χ3n) is 3.79. The molecule has 1 amide bonds. The lowest BCUT2D eigenvalue weighted by Crippen LogP contribution is -2.36. The van der Waals surface area contributed by atoms with Gasteiger partial charge in [-0.05, 0) is 56.7 Å². The lowest BCUT2D eigenvalue weighted by atomic mass is 10.1. The third-order valence-corrected chi connectivity index (χ3v) is 5.52. The fourth-order valence-electron chi connectivity index (χ4n) is 2.37. The maximum absolute atomic E-state index is 13.1. The Morgan fingerprint density at radius 3 is 2.33 bits per heavy atom. The Hall–Kier alpha value is -2.36. The molecule has 0 saturated carbocycles. The van der Waals surface area contributed by atoms with E-state index in [9.17, 15) is 22.7 Å². The van der Waals surface area contributed by atoms with Crippen molar-refractivity contribution >= 4 is 27.8 Å². The second-order valence-corrected chi connectivity index (χ2v) is 9.48. The van der Waals surface area contributed by atoms with E-state index in [0.29, 0.717) is 5.56 Å².